The van der Waals surface area contributed by atoms with E-state index in [0.717, 1.165) is 0 Å². The van der Waals surface area contributed by atoms with Crippen LogP contribution in [0.2, 0.25) is 18.1 Å². The first kappa shape index (κ1) is 14.7. The maximum Gasteiger partial charge on any atom is 0.337 e. The van der Waals surface area contributed by atoms with Gasteiger partial charge in [-0.1, -0.05) is 32.9 Å². The Morgan fingerprint density at radius 2 is 1.83 bits per heavy atom. The molecular formula is C13H21NO3Si. The molecule has 1 rings (SSSR count). The molecule has 1 aromatic rings. The summed E-state index contributed by atoms with van der Waals surface area (Å²) in [7, 11) is -1.95. The Labute approximate surface area is 109 Å². The summed E-state index contributed by atoms with van der Waals surface area (Å²) in [5.41, 5.74) is 3.54. The predicted octanol–water partition coefficient (Wildman–Crippen LogP) is 3.73. The van der Waals surface area contributed by atoms with Crippen LogP contribution in [0.3, 0.4) is 0 Å². The highest BCUT2D eigenvalue weighted by molar-refractivity contribution is 6.74. The molecular weight excluding hydrogens is 246 g/mol. The second-order valence-corrected chi connectivity index (χ2v) is 10.5. The lowest BCUT2D eigenvalue weighted by Crippen LogP contribution is -2.42. The van der Waals surface area contributed by atoms with Crippen molar-refractivity contribution in [3.8, 4) is 0 Å². The summed E-state index contributed by atoms with van der Waals surface area (Å²) in [5, 5.41) is 9.14. The number of aromatic carboxylic acids is 1. The topological polar surface area (TPSA) is 58.6 Å². The first-order valence-corrected chi connectivity index (χ1v) is 8.82. The van der Waals surface area contributed by atoms with E-state index in [0.29, 0.717) is 5.69 Å². The van der Waals surface area contributed by atoms with Gasteiger partial charge in [-0.3, -0.25) is 5.48 Å². The summed E-state index contributed by atoms with van der Waals surface area (Å²) in [6, 6.07) is 6.74. The van der Waals surface area contributed by atoms with Gasteiger partial charge in [0.15, 0.2) is 0 Å². The lowest BCUT2D eigenvalue weighted by Gasteiger charge is -2.35. The Bertz CT molecular complexity index is 438. The SMILES string of the molecule is CC(C)(C)[Si](C)(C)ONc1ccccc1C(=O)O. The molecule has 0 aliphatic rings. The highest BCUT2D eigenvalue weighted by Crippen LogP contribution is 2.36. The van der Waals surface area contributed by atoms with E-state index in [1.807, 2.05) is 0 Å². The molecule has 0 atom stereocenters. The van der Waals surface area contributed by atoms with Crippen LogP contribution >= 0.6 is 0 Å². The molecule has 0 amide bonds. The van der Waals surface area contributed by atoms with Crippen LogP contribution in [-0.2, 0) is 4.53 Å². The molecule has 0 saturated carbocycles. The van der Waals surface area contributed by atoms with Gasteiger partial charge in [0.05, 0.1) is 11.3 Å². The standard InChI is InChI=1S/C13H21NO3Si/c1-13(2,3)18(4,5)17-14-11-9-7-6-8-10(11)12(15)16/h6-9,14H,1-5H3,(H,15,16). The van der Waals surface area contributed by atoms with E-state index in [4.69, 9.17) is 9.63 Å². The molecule has 0 saturated heterocycles. The van der Waals surface area contributed by atoms with Gasteiger partial charge in [-0.15, -0.1) is 0 Å². The van der Waals surface area contributed by atoms with Crippen molar-refractivity contribution in [3.63, 3.8) is 0 Å². The first-order chi connectivity index (χ1) is 8.15. The number of hydrogen-bond acceptors (Lipinski definition) is 3. The second kappa shape index (κ2) is 5.12. The van der Waals surface area contributed by atoms with E-state index in [1.54, 1.807) is 24.3 Å². The third kappa shape index (κ3) is 3.33. The van der Waals surface area contributed by atoms with Crippen LogP contribution in [0.5, 0.6) is 0 Å². The highest BCUT2D eigenvalue weighted by atomic mass is 28.4. The van der Waals surface area contributed by atoms with E-state index in [9.17, 15) is 4.79 Å². The first-order valence-electron chi connectivity index (χ1n) is 5.91. The Kier molecular flexibility index (Phi) is 4.19. The van der Waals surface area contributed by atoms with Crippen LogP contribution in [0.1, 0.15) is 31.1 Å². The zero-order chi connectivity index (χ0) is 14.0. The van der Waals surface area contributed by atoms with Gasteiger partial charge >= 0.3 is 5.97 Å². The van der Waals surface area contributed by atoms with Gasteiger partial charge in [-0.05, 0) is 30.3 Å². The van der Waals surface area contributed by atoms with Gasteiger partial charge in [0.2, 0.25) is 8.32 Å². The summed E-state index contributed by atoms with van der Waals surface area (Å²) < 4.78 is 5.80. The average molecular weight is 267 g/mol. The summed E-state index contributed by atoms with van der Waals surface area (Å²) in [5.74, 6) is -0.961. The molecule has 0 unspecified atom stereocenters. The predicted molar refractivity (Wildman–Crippen MR) is 75.3 cm³/mol. The Morgan fingerprint density at radius 1 is 1.28 bits per heavy atom. The van der Waals surface area contributed by atoms with Gasteiger partial charge in [0.1, 0.15) is 0 Å². The van der Waals surface area contributed by atoms with Gasteiger partial charge in [-0.25, -0.2) is 4.79 Å². The fourth-order valence-electron chi connectivity index (χ4n) is 1.09. The summed E-state index contributed by atoms with van der Waals surface area (Å²) >= 11 is 0. The van der Waals surface area contributed by atoms with E-state index in [2.05, 4.69) is 39.3 Å². The number of rotatable bonds is 4. The van der Waals surface area contributed by atoms with E-state index >= 15 is 0 Å². The van der Waals surface area contributed by atoms with Crippen LogP contribution in [0, 0.1) is 0 Å². The molecule has 0 fully saturated rings. The highest BCUT2D eigenvalue weighted by Gasteiger charge is 2.38. The lowest BCUT2D eigenvalue weighted by molar-refractivity contribution is 0.0697. The largest absolute Gasteiger partial charge is 0.478 e. The normalized spacial score (nSPS) is 12.3. The molecule has 18 heavy (non-hydrogen) atoms. The number of benzene rings is 1. The van der Waals surface area contributed by atoms with Crippen molar-refractivity contribution in [2.24, 2.45) is 0 Å². The van der Waals surface area contributed by atoms with Crippen LogP contribution in [0.15, 0.2) is 24.3 Å². The molecule has 0 heterocycles. The maximum atomic E-state index is 11.1. The average Bonchev–Trinajstić information content (AvgIpc) is 2.25. The van der Waals surface area contributed by atoms with Crippen molar-refractivity contribution in [1.29, 1.82) is 0 Å². The van der Waals surface area contributed by atoms with Crippen molar-refractivity contribution in [3.05, 3.63) is 29.8 Å². The van der Waals surface area contributed by atoms with Crippen LogP contribution in [0.4, 0.5) is 5.69 Å². The van der Waals surface area contributed by atoms with Crippen molar-refractivity contribution in [2.75, 3.05) is 5.48 Å². The third-order valence-corrected chi connectivity index (χ3v) is 7.60. The van der Waals surface area contributed by atoms with Gasteiger partial charge in [0, 0.05) is 0 Å². The van der Waals surface area contributed by atoms with Crippen molar-refractivity contribution < 1.29 is 14.4 Å². The van der Waals surface area contributed by atoms with Crippen molar-refractivity contribution >= 4 is 20.0 Å². The Balaban J connectivity index is 2.85. The Morgan fingerprint density at radius 3 is 2.33 bits per heavy atom. The summed E-state index contributed by atoms with van der Waals surface area (Å²) in [6.45, 7) is 10.6. The van der Waals surface area contributed by atoms with E-state index in [-0.39, 0.29) is 10.6 Å². The minimum atomic E-state index is -1.95. The van der Waals surface area contributed by atoms with Gasteiger partial charge < -0.3 is 9.63 Å². The summed E-state index contributed by atoms with van der Waals surface area (Å²) in [6.07, 6.45) is 0. The zero-order valence-corrected chi connectivity index (χ0v) is 12.6. The van der Waals surface area contributed by atoms with Crippen LogP contribution < -0.4 is 5.48 Å². The molecule has 100 valence electrons. The number of carboxylic acids is 1. The molecule has 0 radical (unpaired) electrons. The second-order valence-electron chi connectivity index (χ2n) is 5.82. The fourth-order valence-corrected chi connectivity index (χ4v) is 1.77. The van der Waals surface area contributed by atoms with E-state index in [1.165, 1.54) is 0 Å². The van der Waals surface area contributed by atoms with Crippen molar-refractivity contribution in [1.82, 2.24) is 0 Å². The zero-order valence-electron chi connectivity index (χ0n) is 11.6. The molecule has 4 nitrogen and oxygen atoms in total. The monoisotopic (exact) mass is 267 g/mol. The number of nitrogens with one attached hydrogen (secondary N) is 1. The minimum absolute atomic E-state index is 0.0676. The molecule has 0 aromatic heterocycles. The number of para-hydroxylation sites is 1. The molecule has 0 aliphatic heterocycles. The van der Waals surface area contributed by atoms with Crippen LogP contribution in [-0.4, -0.2) is 19.4 Å². The molecule has 0 bridgehead atoms. The molecule has 0 aliphatic carbocycles. The smallest absolute Gasteiger partial charge is 0.337 e. The quantitative estimate of drug-likeness (QED) is 0.644. The fraction of sp³-hybridized carbons (Fsp3) is 0.462. The Hall–Kier alpha value is -1.33. The number of anilines is 1. The molecule has 5 heteroatoms. The maximum absolute atomic E-state index is 11.1. The van der Waals surface area contributed by atoms with Crippen LogP contribution in [0.25, 0.3) is 0 Å². The minimum Gasteiger partial charge on any atom is -0.478 e. The lowest BCUT2D eigenvalue weighted by atomic mass is 10.2. The summed E-state index contributed by atoms with van der Waals surface area (Å²) in [4.78, 5) is 11.1. The third-order valence-electron chi connectivity index (χ3n) is 3.38. The van der Waals surface area contributed by atoms with E-state index < -0.39 is 14.3 Å². The number of carboxylic acid groups (broad SMARTS) is 1. The molecule has 0 spiro atoms. The number of carbonyl (C=O) groups is 1. The molecule has 1 aromatic carbocycles. The van der Waals surface area contributed by atoms with Gasteiger partial charge in [0.25, 0.3) is 0 Å². The van der Waals surface area contributed by atoms with Crippen molar-refractivity contribution in [2.45, 2.75) is 38.9 Å². The van der Waals surface area contributed by atoms with Gasteiger partial charge in [-0.2, -0.15) is 0 Å². The molecule has 2 N–H and O–H groups in total. The number of hydrogen-bond donors (Lipinski definition) is 2.